The second kappa shape index (κ2) is 9.02. The minimum atomic E-state index is -0.117. The van der Waals surface area contributed by atoms with E-state index in [2.05, 4.69) is 59.0 Å². The van der Waals surface area contributed by atoms with Gasteiger partial charge in [0.1, 0.15) is 0 Å². The fourth-order valence-electron chi connectivity index (χ4n) is 5.13. The average molecular weight is 409 g/mol. The SMILES string of the molecule is CCNC(=NCCC(C)c1ccccc1)NCCN1C(=O)C2C3C=CC(C3)C2C1=O. The normalized spacial score (nSPS) is 28.2. The number of imide groups is 1. The summed E-state index contributed by atoms with van der Waals surface area (Å²) in [6.07, 6.45) is 6.19. The van der Waals surface area contributed by atoms with Gasteiger partial charge in [-0.3, -0.25) is 19.5 Å². The van der Waals surface area contributed by atoms with Crippen molar-refractivity contribution in [3.8, 4) is 0 Å². The lowest BCUT2D eigenvalue weighted by molar-refractivity contribution is -0.140. The van der Waals surface area contributed by atoms with Crippen molar-refractivity contribution in [2.75, 3.05) is 26.2 Å². The van der Waals surface area contributed by atoms with Crippen molar-refractivity contribution in [2.24, 2.45) is 28.7 Å². The zero-order valence-corrected chi connectivity index (χ0v) is 17.9. The molecule has 0 radical (unpaired) electrons. The number of nitrogens with one attached hydrogen (secondary N) is 2. The summed E-state index contributed by atoms with van der Waals surface area (Å²) < 4.78 is 0. The van der Waals surface area contributed by atoms with Crippen molar-refractivity contribution < 1.29 is 9.59 Å². The summed E-state index contributed by atoms with van der Waals surface area (Å²) in [6, 6.07) is 10.5. The van der Waals surface area contributed by atoms with Crippen LogP contribution in [0.25, 0.3) is 0 Å². The molecular formula is C24H32N4O2. The van der Waals surface area contributed by atoms with E-state index >= 15 is 0 Å². The van der Waals surface area contributed by atoms with Crippen LogP contribution >= 0.6 is 0 Å². The number of likely N-dealkylation sites (tertiary alicyclic amines) is 1. The third-order valence-corrected chi connectivity index (χ3v) is 6.73. The highest BCUT2D eigenvalue weighted by molar-refractivity contribution is 6.06. The summed E-state index contributed by atoms with van der Waals surface area (Å²) in [5.74, 6) is 1.51. The molecule has 2 aliphatic carbocycles. The van der Waals surface area contributed by atoms with E-state index in [1.165, 1.54) is 10.5 Å². The number of nitrogens with zero attached hydrogens (tertiary/aromatic N) is 2. The number of carbonyl (C=O) groups is 2. The van der Waals surface area contributed by atoms with Crippen LogP contribution in [0.15, 0.2) is 47.5 Å². The third kappa shape index (κ3) is 4.00. The Balaban J connectivity index is 1.26. The highest BCUT2D eigenvalue weighted by Gasteiger charge is 2.58. The third-order valence-electron chi connectivity index (χ3n) is 6.73. The van der Waals surface area contributed by atoms with Crippen LogP contribution < -0.4 is 10.6 Å². The van der Waals surface area contributed by atoms with Crippen LogP contribution in [-0.4, -0.2) is 48.9 Å². The Morgan fingerprint density at radius 1 is 1.10 bits per heavy atom. The van der Waals surface area contributed by atoms with E-state index in [4.69, 9.17) is 0 Å². The first-order chi connectivity index (χ1) is 14.6. The molecule has 1 aromatic rings. The lowest BCUT2D eigenvalue weighted by Crippen LogP contribution is -2.43. The quantitative estimate of drug-likeness (QED) is 0.300. The molecule has 4 rings (SSSR count). The second-order valence-corrected chi connectivity index (χ2v) is 8.62. The van der Waals surface area contributed by atoms with Gasteiger partial charge in [-0.15, -0.1) is 0 Å². The van der Waals surface area contributed by atoms with Crippen molar-refractivity contribution in [3.63, 3.8) is 0 Å². The molecule has 2 bridgehead atoms. The van der Waals surface area contributed by atoms with Crippen molar-refractivity contribution in [2.45, 2.75) is 32.6 Å². The van der Waals surface area contributed by atoms with Crippen molar-refractivity contribution in [1.29, 1.82) is 0 Å². The lowest BCUT2D eigenvalue weighted by atomic mass is 9.85. The van der Waals surface area contributed by atoms with Gasteiger partial charge in [0.2, 0.25) is 11.8 Å². The number of aliphatic imine (C=N–C) groups is 1. The molecule has 1 saturated heterocycles. The predicted molar refractivity (Wildman–Crippen MR) is 118 cm³/mol. The fraction of sp³-hybridized carbons (Fsp3) is 0.542. The largest absolute Gasteiger partial charge is 0.357 e. The van der Waals surface area contributed by atoms with Gasteiger partial charge in [0, 0.05) is 26.2 Å². The number of amides is 2. The maximum absolute atomic E-state index is 12.8. The zero-order valence-electron chi connectivity index (χ0n) is 17.9. The maximum Gasteiger partial charge on any atom is 0.233 e. The first-order valence-corrected chi connectivity index (χ1v) is 11.2. The molecule has 2 fully saturated rings. The van der Waals surface area contributed by atoms with Crippen LogP contribution in [-0.2, 0) is 9.59 Å². The smallest absolute Gasteiger partial charge is 0.233 e. The Bertz CT molecular complexity index is 805. The van der Waals surface area contributed by atoms with Gasteiger partial charge in [-0.2, -0.15) is 0 Å². The van der Waals surface area contributed by atoms with Crippen LogP contribution in [0.3, 0.4) is 0 Å². The number of allylic oxidation sites excluding steroid dienone is 2. The fourth-order valence-corrected chi connectivity index (χ4v) is 5.13. The zero-order chi connectivity index (χ0) is 21.1. The van der Waals surface area contributed by atoms with Crippen LogP contribution in [0.4, 0.5) is 0 Å². The van der Waals surface area contributed by atoms with Gasteiger partial charge in [-0.1, -0.05) is 49.4 Å². The molecule has 1 heterocycles. The minimum Gasteiger partial charge on any atom is -0.357 e. The average Bonchev–Trinajstić information content (AvgIpc) is 3.44. The summed E-state index contributed by atoms with van der Waals surface area (Å²) in [5.41, 5.74) is 1.32. The van der Waals surface area contributed by atoms with Gasteiger partial charge >= 0.3 is 0 Å². The maximum atomic E-state index is 12.8. The number of hydrogen-bond donors (Lipinski definition) is 2. The molecule has 0 spiro atoms. The first-order valence-electron chi connectivity index (χ1n) is 11.2. The number of carbonyl (C=O) groups excluding carboxylic acids is 2. The molecule has 3 aliphatic rings. The molecular weight excluding hydrogens is 376 g/mol. The van der Waals surface area contributed by atoms with E-state index in [0.717, 1.165) is 25.3 Å². The summed E-state index contributed by atoms with van der Waals surface area (Å²) in [5, 5.41) is 6.53. The number of rotatable bonds is 8. The highest BCUT2D eigenvalue weighted by Crippen LogP contribution is 2.52. The summed E-state index contributed by atoms with van der Waals surface area (Å²) in [6.45, 7) is 6.64. The van der Waals surface area contributed by atoms with Gasteiger partial charge in [0.15, 0.2) is 5.96 Å². The molecule has 30 heavy (non-hydrogen) atoms. The number of benzene rings is 1. The first kappa shape index (κ1) is 20.6. The van der Waals surface area contributed by atoms with Gasteiger partial charge < -0.3 is 10.6 Å². The summed E-state index contributed by atoms with van der Waals surface area (Å²) >= 11 is 0. The van der Waals surface area contributed by atoms with E-state index < -0.39 is 0 Å². The van der Waals surface area contributed by atoms with Gasteiger partial charge in [-0.25, -0.2) is 0 Å². The molecule has 0 aromatic heterocycles. The van der Waals surface area contributed by atoms with Gasteiger partial charge in [-0.05, 0) is 43.1 Å². The topological polar surface area (TPSA) is 73.8 Å². The van der Waals surface area contributed by atoms with E-state index in [9.17, 15) is 9.59 Å². The Morgan fingerprint density at radius 2 is 1.77 bits per heavy atom. The summed E-state index contributed by atoms with van der Waals surface area (Å²) in [4.78, 5) is 31.7. The van der Waals surface area contributed by atoms with Gasteiger partial charge in [0.05, 0.1) is 11.8 Å². The second-order valence-electron chi connectivity index (χ2n) is 8.62. The monoisotopic (exact) mass is 408 g/mol. The van der Waals surface area contributed by atoms with E-state index in [1.807, 2.05) is 13.0 Å². The molecule has 5 unspecified atom stereocenters. The predicted octanol–water partition coefficient (Wildman–Crippen LogP) is 2.54. The molecule has 2 N–H and O–H groups in total. The molecule has 1 aliphatic heterocycles. The number of guanidine groups is 1. The van der Waals surface area contributed by atoms with E-state index in [-0.39, 0.29) is 35.5 Å². The Morgan fingerprint density at radius 3 is 2.40 bits per heavy atom. The van der Waals surface area contributed by atoms with Crippen molar-refractivity contribution in [3.05, 3.63) is 48.0 Å². The molecule has 160 valence electrons. The summed E-state index contributed by atoms with van der Waals surface area (Å²) in [7, 11) is 0. The molecule has 5 atom stereocenters. The van der Waals surface area contributed by atoms with Crippen molar-refractivity contribution in [1.82, 2.24) is 15.5 Å². The highest BCUT2D eigenvalue weighted by atomic mass is 16.2. The van der Waals surface area contributed by atoms with Crippen LogP contribution in [0, 0.1) is 23.7 Å². The Labute approximate surface area is 178 Å². The molecule has 1 saturated carbocycles. The molecule has 6 heteroatoms. The molecule has 1 aromatic carbocycles. The van der Waals surface area contributed by atoms with E-state index in [1.54, 1.807) is 0 Å². The van der Waals surface area contributed by atoms with Crippen LogP contribution in [0.5, 0.6) is 0 Å². The van der Waals surface area contributed by atoms with Crippen LogP contribution in [0.2, 0.25) is 0 Å². The van der Waals surface area contributed by atoms with Crippen LogP contribution in [0.1, 0.15) is 38.2 Å². The number of fused-ring (bicyclic) bond motifs is 5. The number of hydrogen-bond acceptors (Lipinski definition) is 3. The Hall–Kier alpha value is -2.63. The molecule has 6 nitrogen and oxygen atoms in total. The minimum absolute atomic E-state index is 0.0160. The Kier molecular flexibility index (Phi) is 6.21. The molecule has 2 amide bonds. The van der Waals surface area contributed by atoms with E-state index in [0.29, 0.717) is 25.6 Å². The van der Waals surface area contributed by atoms with Gasteiger partial charge in [0.25, 0.3) is 0 Å². The lowest BCUT2D eigenvalue weighted by Gasteiger charge is -2.19. The standard InChI is InChI=1S/C24H32N4O2/c1-3-25-24(26-12-11-16(2)17-7-5-4-6-8-17)27-13-14-28-22(29)20-18-9-10-19(15-18)21(20)23(28)30/h4-10,16,18-21H,3,11-15H2,1-2H3,(H2,25,26,27). The van der Waals surface area contributed by atoms with Crippen molar-refractivity contribution >= 4 is 17.8 Å².